The summed E-state index contributed by atoms with van der Waals surface area (Å²) in [4.78, 5) is 3.21. The molecule has 0 bridgehead atoms. The van der Waals surface area contributed by atoms with E-state index < -0.39 is 30.1 Å². The van der Waals surface area contributed by atoms with E-state index >= 15 is 0 Å². The standard InChI is InChI=1S/C6H6BF3N2O2/c8-6(9,10)4-3(11)1-2-12-5(4)7(13)14/h1-2,13-14H,(H2,11,12). The fraction of sp³-hybridized carbons (Fsp3) is 0.167. The Hall–Kier alpha value is -1.28. The number of nitrogens with zero attached hydrogens (tertiary/aromatic N) is 1. The van der Waals surface area contributed by atoms with Crippen LogP contribution in [0.3, 0.4) is 0 Å². The molecule has 0 unspecified atom stereocenters. The predicted molar refractivity (Wildman–Crippen MR) is 43.5 cm³/mol. The highest BCUT2D eigenvalue weighted by atomic mass is 19.4. The monoisotopic (exact) mass is 206 g/mol. The number of halogens is 3. The Balaban J connectivity index is 3.38. The summed E-state index contributed by atoms with van der Waals surface area (Å²) in [6.07, 6.45) is -3.78. The predicted octanol–water partition coefficient (Wildman–Crippen LogP) is -0.638. The maximum absolute atomic E-state index is 12.3. The first-order valence-corrected chi connectivity index (χ1v) is 3.51. The summed E-state index contributed by atoms with van der Waals surface area (Å²) >= 11 is 0. The number of hydrogen-bond acceptors (Lipinski definition) is 4. The van der Waals surface area contributed by atoms with Gasteiger partial charge in [-0.1, -0.05) is 0 Å². The quantitative estimate of drug-likeness (QED) is 0.534. The number of rotatable bonds is 1. The van der Waals surface area contributed by atoms with Crippen LogP contribution in [-0.2, 0) is 6.18 Å². The Bertz CT molecular complexity index is 342. The van der Waals surface area contributed by atoms with Gasteiger partial charge in [0.25, 0.3) is 0 Å². The van der Waals surface area contributed by atoms with Crippen molar-refractivity contribution in [2.24, 2.45) is 0 Å². The highest BCUT2D eigenvalue weighted by molar-refractivity contribution is 6.58. The minimum Gasteiger partial charge on any atom is -0.422 e. The van der Waals surface area contributed by atoms with Gasteiger partial charge in [0, 0.05) is 11.9 Å². The number of nitrogens with two attached hydrogens (primary N) is 1. The van der Waals surface area contributed by atoms with Crippen LogP contribution in [0.1, 0.15) is 5.56 Å². The molecule has 0 saturated heterocycles. The highest BCUT2D eigenvalue weighted by Gasteiger charge is 2.39. The van der Waals surface area contributed by atoms with Gasteiger partial charge in [0.15, 0.2) is 0 Å². The number of hydrogen-bond donors (Lipinski definition) is 3. The average Bonchev–Trinajstić information content (AvgIpc) is 2.01. The van der Waals surface area contributed by atoms with Crippen LogP contribution in [0.4, 0.5) is 18.9 Å². The number of alkyl halides is 3. The molecule has 0 radical (unpaired) electrons. The van der Waals surface area contributed by atoms with Gasteiger partial charge in [-0.05, 0) is 6.07 Å². The van der Waals surface area contributed by atoms with Crippen molar-refractivity contribution in [1.82, 2.24) is 4.98 Å². The lowest BCUT2D eigenvalue weighted by Gasteiger charge is -2.13. The van der Waals surface area contributed by atoms with Gasteiger partial charge in [-0.2, -0.15) is 13.2 Å². The van der Waals surface area contributed by atoms with Gasteiger partial charge in [-0.15, -0.1) is 0 Å². The zero-order valence-corrected chi connectivity index (χ0v) is 6.78. The second-order valence-electron chi connectivity index (χ2n) is 2.53. The molecule has 0 atom stereocenters. The molecule has 8 heteroatoms. The molecular formula is C6H6BF3N2O2. The van der Waals surface area contributed by atoms with Crippen LogP contribution < -0.4 is 11.3 Å². The minimum absolute atomic E-state index is 0.587. The Labute approximate surface area is 77.3 Å². The smallest absolute Gasteiger partial charge is 0.422 e. The lowest BCUT2D eigenvalue weighted by molar-refractivity contribution is -0.136. The topological polar surface area (TPSA) is 79.4 Å². The van der Waals surface area contributed by atoms with Crippen LogP contribution in [0.5, 0.6) is 0 Å². The summed E-state index contributed by atoms with van der Waals surface area (Å²) in [6.45, 7) is 0. The van der Waals surface area contributed by atoms with E-state index in [0.29, 0.717) is 0 Å². The number of pyridine rings is 1. The Morgan fingerprint density at radius 3 is 2.29 bits per heavy atom. The molecule has 1 aromatic heterocycles. The van der Waals surface area contributed by atoms with Crippen molar-refractivity contribution in [3.8, 4) is 0 Å². The van der Waals surface area contributed by atoms with E-state index in [1.807, 2.05) is 0 Å². The van der Waals surface area contributed by atoms with Crippen LogP contribution in [0.2, 0.25) is 0 Å². The van der Waals surface area contributed by atoms with Gasteiger partial charge in [0.2, 0.25) is 0 Å². The van der Waals surface area contributed by atoms with Gasteiger partial charge >= 0.3 is 13.3 Å². The van der Waals surface area contributed by atoms with E-state index in [9.17, 15) is 13.2 Å². The fourth-order valence-corrected chi connectivity index (χ4v) is 0.998. The molecular weight excluding hydrogens is 200 g/mol. The van der Waals surface area contributed by atoms with Gasteiger partial charge in [-0.3, -0.25) is 4.98 Å². The van der Waals surface area contributed by atoms with E-state index in [0.717, 1.165) is 12.3 Å². The maximum Gasteiger partial charge on any atom is 0.508 e. The number of nitrogen functional groups attached to an aromatic ring is 1. The third kappa shape index (κ3) is 1.96. The summed E-state index contributed by atoms with van der Waals surface area (Å²) in [5, 5.41) is 17.3. The first-order valence-electron chi connectivity index (χ1n) is 3.51. The van der Waals surface area contributed by atoms with Crippen molar-refractivity contribution in [3.05, 3.63) is 17.8 Å². The molecule has 0 amide bonds. The zero-order valence-electron chi connectivity index (χ0n) is 6.78. The molecule has 4 N–H and O–H groups in total. The van der Waals surface area contributed by atoms with E-state index in [-0.39, 0.29) is 0 Å². The third-order valence-corrected chi connectivity index (χ3v) is 1.54. The molecule has 14 heavy (non-hydrogen) atoms. The van der Waals surface area contributed by atoms with Crippen molar-refractivity contribution in [1.29, 1.82) is 0 Å². The average molecular weight is 206 g/mol. The number of aromatic nitrogens is 1. The van der Waals surface area contributed by atoms with Crippen molar-refractivity contribution in [2.75, 3.05) is 5.73 Å². The lowest BCUT2D eigenvalue weighted by atomic mass is 9.81. The molecule has 0 aromatic carbocycles. The van der Waals surface area contributed by atoms with Crippen molar-refractivity contribution < 1.29 is 23.2 Å². The molecule has 4 nitrogen and oxygen atoms in total. The largest absolute Gasteiger partial charge is 0.508 e. The molecule has 0 aliphatic rings. The van der Waals surface area contributed by atoms with E-state index in [1.54, 1.807) is 0 Å². The summed E-state index contributed by atoms with van der Waals surface area (Å²) < 4.78 is 37.0. The third-order valence-electron chi connectivity index (χ3n) is 1.54. The molecule has 1 aromatic rings. The van der Waals surface area contributed by atoms with Crippen LogP contribution in [0, 0.1) is 0 Å². The Kier molecular flexibility index (Phi) is 2.67. The van der Waals surface area contributed by atoms with Crippen LogP contribution in [-0.4, -0.2) is 22.2 Å². The maximum atomic E-state index is 12.3. The minimum atomic E-state index is -4.75. The lowest BCUT2D eigenvalue weighted by Crippen LogP contribution is -2.39. The number of anilines is 1. The Morgan fingerprint density at radius 1 is 1.36 bits per heavy atom. The van der Waals surface area contributed by atoms with Gasteiger partial charge in [-0.25, -0.2) is 0 Å². The van der Waals surface area contributed by atoms with Gasteiger partial charge in [0.05, 0.1) is 11.2 Å². The molecule has 0 aliphatic heterocycles. The van der Waals surface area contributed by atoms with Crippen molar-refractivity contribution in [3.63, 3.8) is 0 Å². The second-order valence-corrected chi connectivity index (χ2v) is 2.53. The molecule has 1 rings (SSSR count). The summed E-state index contributed by atoms with van der Waals surface area (Å²) in [7, 11) is -2.30. The normalized spacial score (nSPS) is 11.5. The summed E-state index contributed by atoms with van der Waals surface area (Å²) in [5.74, 6) is 0. The van der Waals surface area contributed by atoms with E-state index in [4.69, 9.17) is 15.8 Å². The fourth-order valence-electron chi connectivity index (χ4n) is 0.998. The molecule has 0 fully saturated rings. The highest BCUT2D eigenvalue weighted by Crippen LogP contribution is 2.31. The van der Waals surface area contributed by atoms with Crippen LogP contribution in [0.25, 0.3) is 0 Å². The van der Waals surface area contributed by atoms with Crippen LogP contribution >= 0.6 is 0 Å². The van der Waals surface area contributed by atoms with E-state index in [2.05, 4.69) is 4.98 Å². The first-order chi connectivity index (χ1) is 6.34. The molecule has 0 saturated carbocycles. The zero-order chi connectivity index (χ0) is 10.9. The SMILES string of the molecule is Nc1ccnc(B(O)O)c1C(F)(F)F. The van der Waals surface area contributed by atoms with Crippen molar-refractivity contribution in [2.45, 2.75) is 6.18 Å². The van der Waals surface area contributed by atoms with Gasteiger partial charge in [0.1, 0.15) is 0 Å². The summed E-state index contributed by atoms with van der Waals surface area (Å²) in [5.41, 5.74) is 2.27. The Morgan fingerprint density at radius 2 is 1.93 bits per heavy atom. The molecule has 1 heterocycles. The first kappa shape index (κ1) is 10.8. The van der Waals surface area contributed by atoms with E-state index in [1.165, 1.54) is 0 Å². The molecule has 0 spiro atoms. The molecule has 76 valence electrons. The van der Waals surface area contributed by atoms with Crippen LogP contribution in [0.15, 0.2) is 12.3 Å². The summed E-state index contributed by atoms with van der Waals surface area (Å²) in [6, 6.07) is 0.939. The van der Waals surface area contributed by atoms with Crippen molar-refractivity contribution >= 4 is 18.4 Å². The van der Waals surface area contributed by atoms with Gasteiger partial charge < -0.3 is 15.8 Å². The second kappa shape index (κ2) is 3.47. The molecule has 0 aliphatic carbocycles.